The van der Waals surface area contributed by atoms with E-state index in [0.29, 0.717) is 31.7 Å². The smallest absolute Gasteiger partial charge is 0.537 e. The third kappa shape index (κ3) is 3.61. The number of rotatable bonds is 2. The third-order valence-corrected chi connectivity index (χ3v) is 3.17. The summed E-state index contributed by atoms with van der Waals surface area (Å²) in [5.74, 6) is 0.412. The summed E-state index contributed by atoms with van der Waals surface area (Å²) in [6, 6.07) is 3.01. The fraction of sp³-hybridized carbons (Fsp3) is 0.222. The van der Waals surface area contributed by atoms with Crippen molar-refractivity contribution in [2.24, 2.45) is 0 Å². The van der Waals surface area contributed by atoms with Crippen LogP contribution in [-0.4, -0.2) is 28.3 Å². The van der Waals surface area contributed by atoms with E-state index >= 15 is 0 Å². The summed E-state index contributed by atoms with van der Waals surface area (Å²) in [7, 11) is 1.53. The van der Waals surface area contributed by atoms with Gasteiger partial charge in [0.25, 0.3) is 0 Å². The molecule has 0 fully saturated rings. The van der Waals surface area contributed by atoms with Crippen molar-refractivity contribution in [2.75, 3.05) is 13.4 Å². The van der Waals surface area contributed by atoms with Crippen molar-refractivity contribution in [1.82, 2.24) is 15.0 Å². The van der Waals surface area contributed by atoms with Crippen molar-refractivity contribution in [1.29, 1.82) is 0 Å². The van der Waals surface area contributed by atoms with Crippen LogP contribution in [0.5, 0.6) is 5.88 Å². The van der Waals surface area contributed by atoms with Crippen LogP contribution in [-0.2, 0) is 0 Å². The molecule has 0 N–H and O–H groups in total. The van der Waals surface area contributed by atoms with Gasteiger partial charge in [0.15, 0.2) is 5.16 Å². The normalized spacial score (nSPS) is 10.1. The van der Waals surface area contributed by atoms with E-state index in [-0.39, 0.29) is 58.2 Å². The van der Waals surface area contributed by atoms with Crippen LogP contribution in [0.2, 0.25) is 5.15 Å². The zero-order valence-corrected chi connectivity index (χ0v) is 17.5. The number of aromatic nitrogens is 3. The summed E-state index contributed by atoms with van der Waals surface area (Å²) in [4.78, 5) is 12.5. The number of hydrogen-bond donors (Lipinski definition) is 0. The van der Waals surface area contributed by atoms with Gasteiger partial charge in [-0.25, -0.2) is 9.97 Å². The van der Waals surface area contributed by atoms with Crippen LogP contribution in [0.15, 0.2) is 9.63 Å². The van der Waals surface area contributed by atoms with Gasteiger partial charge in [-0.15, -0.1) is 6.07 Å². The Balaban J connectivity index is 0.00000144. The SMILES string of the molecule is COc1nc2c(Cl)nc(SC)nc2[c-]c1Br.[Rb+]. The molecule has 0 aliphatic rings. The molecule has 0 atom stereocenters. The summed E-state index contributed by atoms with van der Waals surface area (Å²) in [5.41, 5.74) is 1.05. The number of hydrogen-bond acceptors (Lipinski definition) is 5. The first-order chi connectivity index (χ1) is 7.65. The molecule has 0 amide bonds. The zero-order chi connectivity index (χ0) is 11.7. The Morgan fingerprint density at radius 3 is 2.65 bits per heavy atom. The minimum Gasteiger partial charge on any atom is -0.537 e. The molecule has 0 aromatic carbocycles. The van der Waals surface area contributed by atoms with E-state index in [1.807, 2.05) is 6.26 Å². The second-order valence-corrected chi connectivity index (χ2v) is 4.68. The van der Waals surface area contributed by atoms with Crippen molar-refractivity contribution in [2.45, 2.75) is 5.16 Å². The Bertz CT molecular complexity index is 557. The molecule has 0 bridgehead atoms. The van der Waals surface area contributed by atoms with E-state index in [1.165, 1.54) is 18.9 Å². The number of thioether (sulfide) groups is 1. The molecule has 0 spiro atoms. The second kappa shape index (κ2) is 7.12. The summed E-state index contributed by atoms with van der Waals surface area (Å²) < 4.78 is 5.67. The van der Waals surface area contributed by atoms with Gasteiger partial charge in [0.2, 0.25) is 0 Å². The molecule has 2 rings (SSSR count). The van der Waals surface area contributed by atoms with E-state index < -0.39 is 0 Å². The molecule has 0 unspecified atom stereocenters. The first kappa shape index (κ1) is 16.3. The van der Waals surface area contributed by atoms with Crippen molar-refractivity contribution >= 4 is 50.3 Å². The van der Waals surface area contributed by atoms with E-state index in [1.54, 1.807) is 0 Å². The van der Waals surface area contributed by atoms with E-state index in [0.717, 1.165) is 0 Å². The number of ether oxygens (including phenoxy) is 1. The molecule has 8 heteroatoms. The maximum atomic E-state index is 6.00. The topological polar surface area (TPSA) is 47.9 Å². The van der Waals surface area contributed by atoms with Gasteiger partial charge in [0.05, 0.1) is 7.11 Å². The van der Waals surface area contributed by atoms with Crippen LogP contribution >= 0.6 is 39.3 Å². The van der Waals surface area contributed by atoms with Gasteiger partial charge in [0.1, 0.15) is 11.0 Å². The minimum atomic E-state index is 0. The zero-order valence-electron chi connectivity index (χ0n) is 9.41. The maximum Gasteiger partial charge on any atom is 1.00 e. The Kier molecular flexibility index (Phi) is 6.81. The molecule has 17 heavy (non-hydrogen) atoms. The van der Waals surface area contributed by atoms with Gasteiger partial charge in [-0.1, -0.05) is 39.3 Å². The molecule has 2 aromatic heterocycles. The van der Waals surface area contributed by atoms with Crippen LogP contribution in [0.4, 0.5) is 0 Å². The average Bonchev–Trinajstić information content (AvgIpc) is 2.28. The van der Waals surface area contributed by atoms with Gasteiger partial charge >= 0.3 is 58.2 Å². The second-order valence-electron chi connectivity index (χ2n) is 2.76. The van der Waals surface area contributed by atoms with E-state index in [9.17, 15) is 0 Å². The Morgan fingerprint density at radius 1 is 1.35 bits per heavy atom. The number of nitrogens with zero attached hydrogens (tertiary/aromatic N) is 3. The summed E-state index contributed by atoms with van der Waals surface area (Å²) in [5, 5.41) is 0.893. The molecular weight excluding hydrogens is 399 g/mol. The predicted molar refractivity (Wildman–Crippen MR) is 67.2 cm³/mol. The van der Waals surface area contributed by atoms with E-state index in [4.69, 9.17) is 16.3 Å². The number of pyridine rings is 1. The Hall–Kier alpha value is 1.22. The van der Waals surface area contributed by atoms with Crippen molar-refractivity contribution in [3.05, 3.63) is 15.7 Å². The van der Waals surface area contributed by atoms with Crippen LogP contribution in [0.1, 0.15) is 0 Å². The Morgan fingerprint density at radius 2 is 2.06 bits per heavy atom. The first-order valence-electron chi connectivity index (χ1n) is 4.19. The van der Waals surface area contributed by atoms with E-state index in [2.05, 4.69) is 36.9 Å². The van der Waals surface area contributed by atoms with Gasteiger partial charge in [-0.05, 0) is 16.2 Å². The van der Waals surface area contributed by atoms with Crippen LogP contribution in [0.3, 0.4) is 0 Å². The van der Waals surface area contributed by atoms with Gasteiger partial charge in [0, 0.05) is 5.52 Å². The fourth-order valence-electron chi connectivity index (χ4n) is 1.13. The summed E-state index contributed by atoms with van der Waals surface area (Å²) in [6.07, 6.45) is 1.88. The fourth-order valence-corrected chi connectivity index (χ4v) is 2.19. The number of fused-ring (bicyclic) bond motifs is 1. The van der Waals surface area contributed by atoms with Crippen LogP contribution in [0, 0.1) is 6.07 Å². The molecular formula is C9H6BrClN3ORbS. The largest absolute Gasteiger partial charge is 1.00 e. The average molecular weight is 405 g/mol. The number of methoxy groups -OCH3 is 1. The van der Waals surface area contributed by atoms with Crippen molar-refractivity contribution in [3.8, 4) is 5.88 Å². The Labute approximate surface area is 165 Å². The third-order valence-electron chi connectivity index (χ3n) is 1.83. The number of halogens is 2. The van der Waals surface area contributed by atoms with Gasteiger partial charge in [-0.3, -0.25) is 0 Å². The summed E-state index contributed by atoms with van der Waals surface area (Å²) in [6.45, 7) is 0. The maximum absolute atomic E-state index is 6.00. The molecule has 4 nitrogen and oxygen atoms in total. The van der Waals surface area contributed by atoms with Gasteiger partial charge < -0.3 is 9.72 Å². The molecule has 0 saturated carbocycles. The monoisotopic (exact) mass is 403 g/mol. The molecule has 2 aromatic rings. The molecule has 0 radical (unpaired) electrons. The van der Waals surface area contributed by atoms with Crippen molar-refractivity contribution < 1.29 is 62.9 Å². The molecule has 0 saturated heterocycles. The molecule has 0 aliphatic carbocycles. The first-order valence-corrected chi connectivity index (χ1v) is 6.59. The quantitative estimate of drug-likeness (QED) is 0.304. The molecule has 2 heterocycles. The standard InChI is InChI=1S/C9H6BrClN3OS.Rb/c1-15-8-4(10)3-5-6(13-8)7(11)14-9(12-5)16-2;/h1-2H3;/q-1;+1. The van der Waals surface area contributed by atoms with Crippen LogP contribution < -0.4 is 62.9 Å². The van der Waals surface area contributed by atoms with Gasteiger partial charge in [-0.2, -0.15) is 0 Å². The predicted octanol–water partition coefficient (Wildman–Crippen LogP) is -0.0246. The van der Waals surface area contributed by atoms with Crippen LogP contribution in [0.25, 0.3) is 11.0 Å². The summed E-state index contributed by atoms with van der Waals surface area (Å²) >= 11 is 10.7. The minimum absolute atomic E-state index is 0. The van der Waals surface area contributed by atoms with Crippen molar-refractivity contribution in [3.63, 3.8) is 0 Å². The molecule has 0 aliphatic heterocycles. The molecule has 84 valence electrons.